The molecule has 0 aliphatic carbocycles. The highest BCUT2D eigenvalue weighted by molar-refractivity contribution is 7.99. The Morgan fingerprint density at radius 3 is 2.41 bits per heavy atom. The van der Waals surface area contributed by atoms with Crippen LogP contribution in [-0.4, -0.2) is 32.2 Å². The van der Waals surface area contributed by atoms with Gasteiger partial charge in [-0.05, 0) is 36.4 Å². The van der Waals surface area contributed by atoms with Crippen molar-refractivity contribution in [2.45, 2.75) is 9.92 Å². The average Bonchev–Trinajstić information content (AvgIpc) is 2.73. The smallest absolute Gasteiger partial charge is 0.260 e. The van der Waals surface area contributed by atoms with Gasteiger partial charge in [0.05, 0.1) is 19.8 Å². The number of amides is 1. The molecular weight excluding hydrogens is 360 g/mol. The lowest BCUT2D eigenvalue weighted by atomic mass is 10.2. The van der Waals surface area contributed by atoms with Crippen LogP contribution in [0.2, 0.25) is 0 Å². The van der Waals surface area contributed by atoms with E-state index in [4.69, 9.17) is 9.47 Å². The first-order valence-corrected chi connectivity index (χ1v) is 9.13. The zero-order valence-corrected chi connectivity index (χ0v) is 16.2. The number of rotatable bonds is 6. The number of nitrogens with zero attached hydrogens (tertiary/aromatic N) is 2. The lowest BCUT2D eigenvalue weighted by Crippen LogP contribution is -2.27. The molecule has 0 fully saturated rings. The van der Waals surface area contributed by atoms with E-state index >= 15 is 0 Å². The van der Waals surface area contributed by atoms with Gasteiger partial charge in [0.1, 0.15) is 5.03 Å². The topological polar surface area (TPSA) is 51.7 Å². The zero-order valence-electron chi connectivity index (χ0n) is 15.4. The summed E-state index contributed by atoms with van der Waals surface area (Å²) in [6, 6.07) is 18.8. The molecule has 3 aromatic rings. The Morgan fingerprint density at radius 2 is 1.70 bits per heavy atom. The van der Waals surface area contributed by atoms with E-state index in [0.29, 0.717) is 27.8 Å². The minimum absolute atomic E-state index is 0.145. The van der Waals surface area contributed by atoms with Crippen molar-refractivity contribution < 1.29 is 14.3 Å². The molecule has 0 saturated heterocycles. The molecule has 27 heavy (non-hydrogen) atoms. The van der Waals surface area contributed by atoms with Crippen LogP contribution in [0.3, 0.4) is 0 Å². The molecule has 0 aliphatic rings. The molecule has 0 radical (unpaired) electrons. The second-order valence-electron chi connectivity index (χ2n) is 5.67. The summed E-state index contributed by atoms with van der Waals surface area (Å²) in [6.07, 6.45) is 1.69. The number of hydrogen-bond donors (Lipinski definition) is 0. The Morgan fingerprint density at radius 1 is 0.963 bits per heavy atom. The van der Waals surface area contributed by atoms with Crippen LogP contribution in [0.1, 0.15) is 10.4 Å². The summed E-state index contributed by atoms with van der Waals surface area (Å²) in [5, 5.41) is 0.668. The minimum Gasteiger partial charge on any atom is -0.493 e. The Hall–Kier alpha value is -2.99. The molecule has 1 aromatic heterocycles. The van der Waals surface area contributed by atoms with Crippen LogP contribution in [0.25, 0.3) is 0 Å². The molecule has 138 valence electrons. The number of anilines is 1. The normalized spacial score (nSPS) is 10.3. The highest BCUT2D eigenvalue weighted by atomic mass is 32.2. The van der Waals surface area contributed by atoms with Crippen molar-refractivity contribution in [3.8, 4) is 11.5 Å². The van der Waals surface area contributed by atoms with Crippen LogP contribution in [0.5, 0.6) is 11.5 Å². The van der Waals surface area contributed by atoms with Crippen molar-refractivity contribution in [3.05, 3.63) is 72.4 Å². The van der Waals surface area contributed by atoms with Crippen molar-refractivity contribution in [1.29, 1.82) is 0 Å². The number of benzene rings is 2. The molecule has 5 nitrogen and oxygen atoms in total. The fourth-order valence-electron chi connectivity index (χ4n) is 2.57. The van der Waals surface area contributed by atoms with Crippen molar-refractivity contribution in [3.63, 3.8) is 0 Å². The second-order valence-corrected chi connectivity index (χ2v) is 6.74. The van der Waals surface area contributed by atoms with E-state index in [-0.39, 0.29) is 5.91 Å². The van der Waals surface area contributed by atoms with Gasteiger partial charge in [0.25, 0.3) is 5.91 Å². The largest absolute Gasteiger partial charge is 0.493 e. The van der Waals surface area contributed by atoms with Crippen molar-refractivity contribution in [2.75, 3.05) is 26.2 Å². The van der Waals surface area contributed by atoms with E-state index in [1.165, 1.54) is 11.8 Å². The van der Waals surface area contributed by atoms with E-state index in [0.717, 1.165) is 4.90 Å². The molecular formula is C21H20N2O3S. The van der Waals surface area contributed by atoms with Gasteiger partial charge in [-0.2, -0.15) is 0 Å². The first kappa shape index (κ1) is 18.8. The molecule has 0 N–H and O–H groups in total. The standard InChI is InChI=1S/C21H20N2O3S/c1-23(15-11-12-18(25-2)19(14-15)26-3)21(24)17-10-7-13-22-20(17)27-16-8-5-4-6-9-16/h4-14H,1-3H3. The van der Waals surface area contributed by atoms with Gasteiger partial charge in [0.2, 0.25) is 0 Å². The number of pyridine rings is 1. The van der Waals surface area contributed by atoms with Crippen molar-refractivity contribution in [2.24, 2.45) is 0 Å². The van der Waals surface area contributed by atoms with Gasteiger partial charge in [-0.1, -0.05) is 30.0 Å². The predicted octanol–water partition coefficient (Wildman–Crippen LogP) is 4.53. The monoisotopic (exact) mass is 380 g/mol. The summed E-state index contributed by atoms with van der Waals surface area (Å²) < 4.78 is 10.6. The average molecular weight is 380 g/mol. The van der Waals surface area contributed by atoms with Crippen LogP contribution in [-0.2, 0) is 0 Å². The van der Waals surface area contributed by atoms with Crippen molar-refractivity contribution in [1.82, 2.24) is 4.98 Å². The van der Waals surface area contributed by atoms with Gasteiger partial charge in [0, 0.05) is 29.9 Å². The molecule has 0 atom stereocenters. The molecule has 0 bridgehead atoms. The van der Waals surface area contributed by atoms with Crippen LogP contribution >= 0.6 is 11.8 Å². The number of carbonyl (C=O) groups is 1. The third-order valence-electron chi connectivity index (χ3n) is 4.02. The fraction of sp³-hybridized carbons (Fsp3) is 0.143. The van der Waals surface area contributed by atoms with Gasteiger partial charge in [0.15, 0.2) is 11.5 Å². The number of carbonyl (C=O) groups excluding carboxylic acids is 1. The number of ether oxygens (including phenoxy) is 2. The Balaban J connectivity index is 1.90. The first-order chi connectivity index (χ1) is 13.1. The first-order valence-electron chi connectivity index (χ1n) is 8.32. The molecule has 6 heteroatoms. The highest BCUT2D eigenvalue weighted by Gasteiger charge is 2.19. The quantitative estimate of drug-likeness (QED) is 0.629. The molecule has 1 amide bonds. The maximum atomic E-state index is 13.1. The molecule has 0 saturated carbocycles. The van der Waals surface area contributed by atoms with E-state index in [1.807, 2.05) is 36.4 Å². The molecule has 3 rings (SSSR count). The SMILES string of the molecule is COc1ccc(N(C)C(=O)c2cccnc2Sc2ccccc2)cc1OC. The number of methoxy groups -OCH3 is 2. The van der Waals surface area contributed by atoms with Gasteiger partial charge >= 0.3 is 0 Å². The van der Waals surface area contributed by atoms with E-state index in [9.17, 15) is 4.79 Å². The van der Waals surface area contributed by atoms with Crippen LogP contribution in [0.4, 0.5) is 5.69 Å². The molecule has 0 aliphatic heterocycles. The third-order valence-corrected chi connectivity index (χ3v) is 5.04. The molecule has 1 heterocycles. The minimum atomic E-state index is -0.145. The molecule has 0 spiro atoms. The summed E-state index contributed by atoms with van der Waals surface area (Å²) in [5.74, 6) is 1.04. The highest BCUT2D eigenvalue weighted by Crippen LogP contribution is 2.33. The van der Waals surface area contributed by atoms with E-state index in [1.54, 1.807) is 56.6 Å². The number of hydrogen-bond acceptors (Lipinski definition) is 5. The van der Waals surface area contributed by atoms with E-state index < -0.39 is 0 Å². The van der Waals surface area contributed by atoms with Crippen LogP contribution < -0.4 is 14.4 Å². The summed E-state index contributed by atoms with van der Waals surface area (Å²) in [7, 11) is 4.88. The molecule has 2 aromatic carbocycles. The Bertz CT molecular complexity index is 932. The van der Waals surface area contributed by atoms with Crippen LogP contribution in [0, 0.1) is 0 Å². The second kappa shape index (κ2) is 8.60. The third kappa shape index (κ3) is 4.23. The summed E-state index contributed by atoms with van der Waals surface area (Å²) in [5.41, 5.74) is 1.25. The fourth-order valence-corrected chi connectivity index (χ4v) is 3.46. The van der Waals surface area contributed by atoms with Gasteiger partial charge < -0.3 is 14.4 Å². The number of aromatic nitrogens is 1. The maximum Gasteiger partial charge on any atom is 0.260 e. The zero-order chi connectivity index (χ0) is 19.2. The maximum absolute atomic E-state index is 13.1. The van der Waals surface area contributed by atoms with Crippen molar-refractivity contribution >= 4 is 23.4 Å². The lowest BCUT2D eigenvalue weighted by Gasteiger charge is -2.20. The van der Waals surface area contributed by atoms with Gasteiger partial charge in [-0.3, -0.25) is 4.79 Å². The summed E-state index contributed by atoms with van der Waals surface area (Å²) >= 11 is 1.47. The molecule has 0 unspecified atom stereocenters. The van der Waals surface area contributed by atoms with Gasteiger partial charge in [-0.15, -0.1) is 0 Å². The van der Waals surface area contributed by atoms with E-state index in [2.05, 4.69) is 4.98 Å². The summed E-state index contributed by atoms with van der Waals surface area (Å²) in [6.45, 7) is 0. The predicted molar refractivity (Wildman–Crippen MR) is 107 cm³/mol. The summed E-state index contributed by atoms with van der Waals surface area (Å²) in [4.78, 5) is 20.1. The Labute approximate surface area is 162 Å². The Kier molecular flexibility index (Phi) is 5.98. The van der Waals surface area contributed by atoms with Gasteiger partial charge in [-0.25, -0.2) is 4.98 Å². The lowest BCUT2D eigenvalue weighted by molar-refractivity contribution is 0.0989. The van der Waals surface area contributed by atoms with Crippen LogP contribution in [0.15, 0.2) is 76.8 Å².